The quantitative estimate of drug-likeness (QED) is 0.902. The normalized spacial score (nSPS) is 27.9. The molecule has 114 valence electrons. The predicted octanol–water partition coefficient (Wildman–Crippen LogP) is 3.56. The predicted molar refractivity (Wildman–Crippen MR) is 81.2 cm³/mol. The third kappa shape index (κ3) is 3.24. The lowest BCUT2D eigenvalue weighted by atomic mass is 9.62. The lowest BCUT2D eigenvalue weighted by molar-refractivity contribution is 0.00582. The molecule has 1 heterocycles. The molecule has 2 rings (SSSR count). The zero-order valence-electron chi connectivity index (χ0n) is 13.4. The molecule has 0 aliphatic heterocycles. The van der Waals surface area contributed by atoms with E-state index in [0.29, 0.717) is 17.4 Å². The van der Waals surface area contributed by atoms with Crippen LogP contribution in [0.1, 0.15) is 64.1 Å². The van der Waals surface area contributed by atoms with Crippen molar-refractivity contribution in [2.75, 3.05) is 0 Å². The van der Waals surface area contributed by atoms with Crippen LogP contribution in [-0.4, -0.2) is 15.1 Å². The fourth-order valence-electron chi connectivity index (χ4n) is 3.36. The molecule has 1 aromatic heterocycles. The molecule has 1 saturated carbocycles. The summed E-state index contributed by atoms with van der Waals surface area (Å²) in [6.45, 7) is 8.55. The topological polar surface area (TPSA) is 69.8 Å². The Morgan fingerprint density at radius 3 is 2.48 bits per heavy atom. The molecule has 1 aliphatic carbocycles. The van der Waals surface area contributed by atoms with Crippen molar-refractivity contribution in [3.05, 3.63) is 23.8 Å². The highest BCUT2D eigenvalue weighted by molar-refractivity contribution is 5.16. The van der Waals surface area contributed by atoms with Gasteiger partial charge in [-0.15, -0.1) is 0 Å². The lowest BCUT2D eigenvalue weighted by Gasteiger charge is -2.42. The van der Waals surface area contributed by atoms with E-state index < -0.39 is 11.5 Å². The largest absolute Gasteiger partial charge is 0.385 e. The minimum absolute atomic E-state index is 0.262. The van der Waals surface area contributed by atoms with E-state index in [-0.39, 0.29) is 5.41 Å². The summed E-state index contributed by atoms with van der Waals surface area (Å²) >= 11 is 0. The van der Waals surface area contributed by atoms with Crippen LogP contribution in [0, 0.1) is 35.0 Å². The second-order valence-electron chi connectivity index (χ2n) is 7.34. The van der Waals surface area contributed by atoms with Gasteiger partial charge >= 0.3 is 0 Å². The highest BCUT2D eigenvalue weighted by Crippen LogP contribution is 2.50. The first-order valence-corrected chi connectivity index (χ1v) is 7.67. The molecule has 21 heavy (non-hydrogen) atoms. The van der Waals surface area contributed by atoms with Gasteiger partial charge in [0.2, 0.25) is 0 Å². The Morgan fingerprint density at radius 2 is 2.00 bits per heavy atom. The number of hydrogen-bond acceptors (Lipinski definition) is 4. The maximum atomic E-state index is 10.7. The summed E-state index contributed by atoms with van der Waals surface area (Å²) in [6.07, 6.45) is 4.25. The van der Waals surface area contributed by atoms with E-state index in [1.54, 1.807) is 19.2 Å². The molecular weight excluding hydrogens is 262 g/mol. The summed E-state index contributed by atoms with van der Waals surface area (Å²) in [7, 11) is 0. The van der Waals surface area contributed by atoms with Crippen molar-refractivity contribution in [2.45, 2.75) is 59.5 Å². The molecule has 0 aromatic carbocycles. The Kier molecular flexibility index (Phi) is 4.34. The summed E-state index contributed by atoms with van der Waals surface area (Å²) in [5.41, 5.74) is 0.124. The molecule has 0 saturated heterocycles. The van der Waals surface area contributed by atoms with Crippen LogP contribution >= 0.6 is 0 Å². The molecule has 1 unspecified atom stereocenters. The summed E-state index contributed by atoms with van der Waals surface area (Å²) < 4.78 is 0. The van der Waals surface area contributed by atoms with E-state index >= 15 is 0 Å². The maximum absolute atomic E-state index is 10.7. The molecule has 0 spiro atoms. The maximum Gasteiger partial charge on any atom is 0.125 e. The van der Waals surface area contributed by atoms with Crippen molar-refractivity contribution in [3.8, 4) is 6.07 Å². The molecule has 4 nitrogen and oxygen atoms in total. The van der Waals surface area contributed by atoms with Gasteiger partial charge in [0.1, 0.15) is 11.9 Å². The average Bonchev–Trinajstić information content (AvgIpc) is 2.45. The highest BCUT2D eigenvalue weighted by Gasteiger charge is 2.45. The Hall–Kier alpha value is -1.47. The number of aliphatic hydroxyl groups is 1. The van der Waals surface area contributed by atoms with Crippen LogP contribution < -0.4 is 0 Å². The zero-order chi connectivity index (χ0) is 15.7. The van der Waals surface area contributed by atoms with Crippen LogP contribution in [0.15, 0.2) is 12.3 Å². The van der Waals surface area contributed by atoms with Gasteiger partial charge in [0.15, 0.2) is 0 Å². The molecule has 0 bridgehead atoms. The number of aliphatic hydroxyl groups excluding tert-OH is 1. The number of nitrogens with zero attached hydrogens (tertiary/aromatic N) is 3. The first-order chi connectivity index (χ1) is 9.78. The summed E-state index contributed by atoms with van der Waals surface area (Å²) in [6, 6.07) is 4.11. The lowest BCUT2D eigenvalue weighted by Crippen LogP contribution is -2.36. The first-order valence-electron chi connectivity index (χ1n) is 7.67. The van der Waals surface area contributed by atoms with Crippen LogP contribution in [0.5, 0.6) is 0 Å². The van der Waals surface area contributed by atoms with Gasteiger partial charge in [0, 0.05) is 6.20 Å². The minimum atomic E-state index is -0.829. The number of aromatic nitrogens is 2. The molecule has 1 N–H and O–H groups in total. The van der Waals surface area contributed by atoms with Crippen LogP contribution in [0.2, 0.25) is 0 Å². The third-order valence-electron chi connectivity index (χ3n) is 4.93. The molecule has 1 atom stereocenters. The van der Waals surface area contributed by atoms with Crippen molar-refractivity contribution in [3.63, 3.8) is 0 Å². The van der Waals surface area contributed by atoms with Crippen molar-refractivity contribution < 1.29 is 5.11 Å². The third-order valence-corrected chi connectivity index (χ3v) is 4.93. The number of rotatable bonds is 2. The number of nitriles is 1. The molecule has 0 amide bonds. The Balaban J connectivity index is 2.19. The number of hydrogen-bond donors (Lipinski definition) is 1. The fraction of sp³-hybridized carbons (Fsp3) is 0.706. The van der Waals surface area contributed by atoms with E-state index in [4.69, 9.17) is 0 Å². The Labute approximate surface area is 127 Å². The van der Waals surface area contributed by atoms with Gasteiger partial charge in [0.05, 0.1) is 17.2 Å². The minimum Gasteiger partial charge on any atom is -0.385 e. The van der Waals surface area contributed by atoms with Crippen molar-refractivity contribution in [1.29, 1.82) is 5.26 Å². The molecule has 1 aliphatic rings. The van der Waals surface area contributed by atoms with Gasteiger partial charge in [0.25, 0.3) is 0 Å². The second kappa shape index (κ2) is 5.73. The van der Waals surface area contributed by atoms with Gasteiger partial charge in [-0.1, -0.05) is 20.8 Å². The smallest absolute Gasteiger partial charge is 0.125 e. The van der Waals surface area contributed by atoms with Crippen LogP contribution in [0.25, 0.3) is 0 Å². The van der Waals surface area contributed by atoms with Gasteiger partial charge in [-0.2, -0.15) is 5.26 Å². The fourth-order valence-corrected chi connectivity index (χ4v) is 3.36. The summed E-state index contributed by atoms with van der Waals surface area (Å²) in [4.78, 5) is 8.35. The van der Waals surface area contributed by atoms with Gasteiger partial charge in [-0.25, -0.2) is 9.97 Å². The molecule has 4 heteroatoms. The molecular formula is C17H25N3O. The number of aryl methyl sites for hydroxylation is 1. The standard InChI is InChI=1S/C17H25N3O/c1-12-19-10-7-14(20-12)15(21)17(11-18)8-5-13(6-9-17)16(2,3)4/h7,10,13,15,21H,5-6,8-9H2,1-4H3. The van der Waals surface area contributed by atoms with E-state index in [9.17, 15) is 10.4 Å². The first kappa shape index (κ1) is 15.9. The van der Waals surface area contributed by atoms with E-state index in [1.165, 1.54) is 0 Å². The van der Waals surface area contributed by atoms with Crippen molar-refractivity contribution in [2.24, 2.45) is 16.7 Å². The Morgan fingerprint density at radius 1 is 1.38 bits per heavy atom. The molecule has 1 aromatic rings. The summed E-state index contributed by atoms with van der Waals surface area (Å²) in [5.74, 6) is 1.24. The van der Waals surface area contributed by atoms with E-state index in [1.807, 2.05) is 0 Å². The van der Waals surface area contributed by atoms with Crippen LogP contribution in [0.3, 0.4) is 0 Å². The second-order valence-corrected chi connectivity index (χ2v) is 7.34. The average molecular weight is 287 g/mol. The van der Waals surface area contributed by atoms with E-state index in [0.717, 1.165) is 25.7 Å². The summed E-state index contributed by atoms with van der Waals surface area (Å²) in [5, 5.41) is 20.4. The van der Waals surface area contributed by atoms with Crippen molar-refractivity contribution >= 4 is 0 Å². The Bertz CT molecular complexity index is 534. The highest BCUT2D eigenvalue weighted by atomic mass is 16.3. The molecule has 1 fully saturated rings. The van der Waals surface area contributed by atoms with Gasteiger partial charge in [-0.05, 0) is 50.0 Å². The van der Waals surface area contributed by atoms with E-state index in [2.05, 4.69) is 36.8 Å². The van der Waals surface area contributed by atoms with Gasteiger partial charge < -0.3 is 5.11 Å². The van der Waals surface area contributed by atoms with Crippen molar-refractivity contribution in [1.82, 2.24) is 9.97 Å². The SMILES string of the molecule is Cc1nccc(C(O)C2(C#N)CCC(C(C)(C)C)CC2)n1. The van der Waals surface area contributed by atoms with Crippen LogP contribution in [-0.2, 0) is 0 Å². The van der Waals surface area contributed by atoms with Crippen LogP contribution in [0.4, 0.5) is 0 Å². The molecule has 0 radical (unpaired) electrons. The van der Waals surface area contributed by atoms with Gasteiger partial charge in [-0.3, -0.25) is 0 Å². The monoisotopic (exact) mass is 287 g/mol. The zero-order valence-corrected chi connectivity index (χ0v) is 13.4.